The summed E-state index contributed by atoms with van der Waals surface area (Å²) in [6, 6.07) is 1.20. The molecule has 0 saturated carbocycles. The Kier molecular flexibility index (Phi) is 4.18. The molecular weight excluding hydrogens is 272 g/mol. The molecule has 1 aromatic heterocycles. The Balaban J connectivity index is 2.28. The number of amides is 2. The van der Waals surface area contributed by atoms with Gasteiger partial charge in [-0.3, -0.25) is 9.59 Å². The van der Waals surface area contributed by atoms with Gasteiger partial charge >= 0.3 is 0 Å². The molecule has 0 aliphatic carbocycles. The molecule has 0 aromatic carbocycles. The van der Waals surface area contributed by atoms with E-state index in [4.69, 9.17) is 0 Å². The van der Waals surface area contributed by atoms with E-state index in [1.54, 1.807) is 16.2 Å². The van der Waals surface area contributed by atoms with Crippen molar-refractivity contribution >= 4 is 23.2 Å². The van der Waals surface area contributed by atoms with Gasteiger partial charge in [-0.1, -0.05) is 27.7 Å². The first kappa shape index (κ1) is 15.0. The minimum absolute atomic E-state index is 0.0233. The van der Waals surface area contributed by atoms with Gasteiger partial charge in [-0.15, -0.1) is 0 Å². The molecule has 1 N–H and O–H groups in total. The first-order valence-corrected chi connectivity index (χ1v) is 7.90. The Labute approximate surface area is 124 Å². The van der Waals surface area contributed by atoms with Crippen molar-refractivity contribution in [2.75, 3.05) is 0 Å². The quantitative estimate of drug-likeness (QED) is 0.930. The Morgan fingerprint density at radius 2 is 2.05 bits per heavy atom. The van der Waals surface area contributed by atoms with Crippen LogP contribution in [-0.2, 0) is 16.1 Å². The van der Waals surface area contributed by atoms with E-state index in [0.29, 0.717) is 13.0 Å². The van der Waals surface area contributed by atoms with Crippen LogP contribution >= 0.6 is 11.3 Å². The van der Waals surface area contributed by atoms with Gasteiger partial charge < -0.3 is 10.2 Å². The maximum absolute atomic E-state index is 12.7. The maximum atomic E-state index is 12.7. The second-order valence-electron chi connectivity index (χ2n) is 6.33. The summed E-state index contributed by atoms with van der Waals surface area (Å²) in [7, 11) is 0. The van der Waals surface area contributed by atoms with Crippen molar-refractivity contribution in [3.05, 3.63) is 22.4 Å². The average Bonchev–Trinajstić information content (AvgIpc) is 2.85. The second kappa shape index (κ2) is 5.56. The lowest BCUT2D eigenvalue weighted by Crippen LogP contribution is -2.66. The molecule has 4 nitrogen and oxygen atoms in total. The van der Waals surface area contributed by atoms with Gasteiger partial charge in [-0.05, 0) is 34.2 Å². The van der Waals surface area contributed by atoms with Gasteiger partial charge in [0.1, 0.15) is 12.1 Å². The fraction of sp³-hybridized carbons (Fsp3) is 0.600. The van der Waals surface area contributed by atoms with E-state index < -0.39 is 6.04 Å². The van der Waals surface area contributed by atoms with E-state index in [1.165, 1.54) is 0 Å². The fourth-order valence-corrected chi connectivity index (χ4v) is 3.18. The molecule has 2 amide bonds. The Morgan fingerprint density at radius 3 is 2.55 bits per heavy atom. The smallest absolute Gasteiger partial charge is 0.246 e. The van der Waals surface area contributed by atoms with Crippen LogP contribution in [0.15, 0.2) is 16.8 Å². The summed E-state index contributed by atoms with van der Waals surface area (Å²) in [6.45, 7) is 8.39. The van der Waals surface area contributed by atoms with E-state index in [1.807, 2.05) is 44.5 Å². The second-order valence-corrected chi connectivity index (χ2v) is 7.11. The normalized spacial score (nSPS) is 23.9. The zero-order chi connectivity index (χ0) is 14.9. The van der Waals surface area contributed by atoms with Crippen molar-refractivity contribution < 1.29 is 9.59 Å². The van der Waals surface area contributed by atoms with Crippen molar-refractivity contribution in [3.8, 4) is 0 Å². The van der Waals surface area contributed by atoms with Crippen molar-refractivity contribution in [2.45, 2.75) is 52.7 Å². The van der Waals surface area contributed by atoms with E-state index in [0.717, 1.165) is 5.56 Å². The van der Waals surface area contributed by atoms with Crippen LogP contribution in [0.5, 0.6) is 0 Å². The van der Waals surface area contributed by atoms with Gasteiger partial charge in [-0.25, -0.2) is 0 Å². The number of nitrogens with zero attached hydrogens (tertiary/aromatic N) is 1. The molecule has 20 heavy (non-hydrogen) atoms. The number of hydrogen-bond donors (Lipinski definition) is 1. The minimum atomic E-state index is -0.448. The van der Waals surface area contributed by atoms with Crippen LogP contribution in [0, 0.1) is 5.41 Å². The largest absolute Gasteiger partial charge is 0.342 e. The van der Waals surface area contributed by atoms with Gasteiger partial charge in [0.15, 0.2) is 0 Å². The molecule has 1 saturated heterocycles. The number of hydrogen-bond acceptors (Lipinski definition) is 3. The molecule has 1 aliphatic rings. The Morgan fingerprint density at radius 1 is 1.35 bits per heavy atom. The minimum Gasteiger partial charge on any atom is -0.342 e. The van der Waals surface area contributed by atoms with Crippen molar-refractivity contribution in [1.29, 1.82) is 0 Å². The zero-order valence-corrected chi connectivity index (χ0v) is 13.3. The molecule has 2 rings (SSSR count). The third kappa shape index (κ3) is 2.87. The molecule has 0 spiro atoms. The van der Waals surface area contributed by atoms with Crippen molar-refractivity contribution in [3.63, 3.8) is 0 Å². The summed E-state index contributed by atoms with van der Waals surface area (Å²) >= 11 is 1.61. The lowest BCUT2D eigenvalue weighted by Gasteiger charge is -2.43. The van der Waals surface area contributed by atoms with Gasteiger partial charge in [0.25, 0.3) is 0 Å². The van der Waals surface area contributed by atoms with Crippen LogP contribution in [0.1, 0.15) is 39.7 Å². The van der Waals surface area contributed by atoms with Crippen LogP contribution < -0.4 is 5.32 Å². The van der Waals surface area contributed by atoms with E-state index in [2.05, 4.69) is 5.32 Å². The first-order valence-electron chi connectivity index (χ1n) is 6.96. The molecule has 2 atom stereocenters. The van der Waals surface area contributed by atoms with Gasteiger partial charge in [0, 0.05) is 6.54 Å². The summed E-state index contributed by atoms with van der Waals surface area (Å²) in [4.78, 5) is 26.7. The molecule has 5 heteroatoms. The van der Waals surface area contributed by atoms with E-state index in [-0.39, 0.29) is 23.3 Å². The number of carbonyl (C=O) groups is 2. The topological polar surface area (TPSA) is 49.4 Å². The Bertz CT molecular complexity index is 490. The zero-order valence-electron chi connectivity index (χ0n) is 12.5. The van der Waals surface area contributed by atoms with Gasteiger partial charge in [-0.2, -0.15) is 11.3 Å². The highest BCUT2D eigenvalue weighted by Crippen LogP contribution is 2.27. The fourth-order valence-electron chi connectivity index (χ4n) is 2.52. The highest BCUT2D eigenvalue weighted by molar-refractivity contribution is 7.07. The maximum Gasteiger partial charge on any atom is 0.246 e. The first-order chi connectivity index (χ1) is 9.34. The van der Waals surface area contributed by atoms with Crippen molar-refractivity contribution in [1.82, 2.24) is 10.2 Å². The predicted molar refractivity (Wildman–Crippen MR) is 80.3 cm³/mol. The predicted octanol–water partition coefficient (Wildman–Crippen LogP) is 2.40. The summed E-state index contributed by atoms with van der Waals surface area (Å²) in [5.41, 5.74) is 0.808. The highest BCUT2D eigenvalue weighted by Gasteiger charge is 2.44. The van der Waals surface area contributed by atoms with Crippen LogP contribution in [0.4, 0.5) is 0 Å². The number of rotatable bonds is 3. The van der Waals surface area contributed by atoms with Gasteiger partial charge in [0.05, 0.1) is 0 Å². The Hall–Kier alpha value is -1.36. The molecule has 0 bridgehead atoms. The summed E-state index contributed by atoms with van der Waals surface area (Å²) in [5, 5.41) is 6.91. The molecular formula is C15H22N2O2S. The third-order valence-electron chi connectivity index (χ3n) is 3.68. The van der Waals surface area contributed by atoms with Crippen molar-refractivity contribution in [2.24, 2.45) is 5.41 Å². The average molecular weight is 294 g/mol. The molecule has 2 unspecified atom stereocenters. The SMILES string of the molecule is CCC1C(=O)NC(C(C)(C)C)C(=O)N1Cc1ccsc1. The molecule has 1 aromatic rings. The van der Waals surface area contributed by atoms with Crippen LogP contribution in [0.25, 0.3) is 0 Å². The molecule has 1 aliphatic heterocycles. The highest BCUT2D eigenvalue weighted by atomic mass is 32.1. The number of thiophene rings is 1. The number of piperazine rings is 1. The molecule has 110 valence electrons. The summed E-state index contributed by atoms with van der Waals surface area (Å²) in [5.74, 6) is -0.0163. The number of carbonyl (C=O) groups excluding carboxylic acids is 2. The van der Waals surface area contributed by atoms with Gasteiger partial charge in [0.2, 0.25) is 11.8 Å². The van der Waals surface area contributed by atoms with E-state index in [9.17, 15) is 9.59 Å². The lowest BCUT2D eigenvalue weighted by atomic mass is 9.83. The molecule has 1 fully saturated rings. The summed E-state index contributed by atoms with van der Waals surface area (Å²) < 4.78 is 0. The monoisotopic (exact) mass is 294 g/mol. The van der Waals surface area contributed by atoms with E-state index >= 15 is 0 Å². The van der Waals surface area contributed by atoms with Crippen LogP contribution in [0.2, 0.25) is 0 Å². The summed E-state index contributed by atoms with van der Waals surface area (Å²) in [6.07, 6.45) is 0.637. The standard InChI is InChI=1S/C15H22N2O2S/c1-5-11-13(18)16-12(15(2,3)4)14(19)17(11)8-10-6-7-20-9-10/h6-7,9,11-12H,5,8H2,1-4H3,(H,16,18). The number of nitrogens with one attached hydrogen (secondary N) is 1. The third-order valence-corrected chi connectivity index (χ3v) is 4.41. The molecule has 0 radical (unpaired) electrons. The van der Waals surface area contributed by atoms with Crippen LogP contribution in [-0.4, -0.2) is 28.8 Å². The van der Waals surface area contributed by atoms with Crippen LogP contribution in [0.3, 0.4) is 0 Å². The molecule has 2 heterocycles. The lowest BCUT2D eigenvalue weighted by molar-refractivity contribution is -0.153.